The van der Waals surface area contributed by atoms with Crippen LogP contribution in [0.5, 0.6) is 0 Å². The number of anilines is 2. The number of aliphatic hydroxyl groups excluding tert-OH is 1. The maximum Gasteiger partial charge on any atom is 0.228 e. The van der Waals surface area contributed by atoms with Crippen LogP contribution >= 0.6 is 0 Å². The van der Waals surface area contributed by atoms with E-state index in [1.54, 1.807) is 43.3 Å². The number of fused-ring (bicyclic) bond motifs is 2. The van der Waals surface area contributed by atoms with Gasteiger partial charge in [-0.2, -0.15) is 5.26 Å². The van der Waals surface area contributed by atoms with Gasteiger partial charge in [0.25, 0.3) is 0 Å². The zero-order valence-electron chi connectivity index (χ0n) is 15.8. The Bertz CT molecular complexity index is 995. The summed E-state index contributed by atoms with van der Waals surface area (Å²) < 4.78 is 0. The molecule has 0 atom stereocenters. The minimum atomic E-state index is -0.0309. The number of nitrogens with two attached hydrogens (primary N) is 1. The fraction of sp³-hybridized carbons (Fsp3) is 0.200. The van der Waals surface area contributed by atoms with Gasteiger partial charge in [0, 0.05) is 23.5 Å². The molecular weight excluding hydrogens is 374 g/mol. The van der Waals surface area contributed by atoms with E-state index in [0.29, 0.717) is 24.0 Å². The van der Waals surface area contributed by atoms with Crippen molar-refractivity contribution in [3.05, 3.63) is 58.7 Å². The first-order valence-electron chi connectivity index (χ1n) is 8.76. The lowest BCUT2D eigenvalue weighted by molar-refractivity contribution is -0.115. The van der Waals surface area contributed by atoms with Crippen LogP contribution in [0.1, 0.15) is 29.2 Å². The van der Waals surface area contributed by atoms with Gasteiger partial charge in [0.05, 0.1) is 24.5 Å². The number of nitrogens with one attached hydrogen (secondary N) is 2. The average Bonchev–Trinajstić information content (AvgIpc) is 3.27. The Morgan fingerprint density at radius 2 is 1.62 bits per heavy atom. The van der Waals surface area contributed by atoms with Gasteiger partial charge in [-0.3, -0.25) is 9.59 Å². The Hall–Kier alpha value is -3.90. The molecule has 0 radical (unpaired) electrons. The van der Waals surface area contributed by atoms with E-state index >= 15 is 0 Å². The second kappa shape index (κ2) is 9.87. The second-order valence-electron chi connectivity index (χ2n) is 6.11. The Morgan fingerprint density at radius 3 is 2.14 bits per heavy atom. The largest absolute Gasteiger partial charge is 0.409 e. The summed E-state index contributed by atoms with van der Waals surface area (Å²) in [7, 11) is 0. The van der Waals surface area contributed by atoms with E-state index in [1.165, 1.54) is 0 Å². The molecule has 0 unspecified atom stereocenters. The number of hydrogen-bond donors (Lipinski definition) is 5. The molecule has 4 rings (SSSR count). The number of nitrogens with zero attached hydrogens (tertiary/aromatic N) is 2. The molecule has 2 amide bonds. The predicted octanol–water partition coefficient (Wildman–Crippen LogP) is 1.33. The van der Waals surface area contributed by atoms with Gasteiger partial charge in [0.2, 0.25) is 11.8 Å². The van der Waals surface area contributed by atoms with Gasteiger partial charge < -0.3 is 26.7 Å². The second-order valence-corrected chi connectivity index (χ2v) is 6.11. The molecule has 0 saturated carbocycles. The molecule has 9 heteroatoms. The molecule has 150 valence electrons. The third kappa shape index (κ3) is 5.54. The number of amides is 2. The first-order chi connectivity index (χ1) is 13.9. The molecule has 2 aliphatic heterocycles. The fourth-order valence-corrected chi connectivity index (χ4v) is 2.75. The molecule has 9 nitrogen and oxygen atoms in total. The van der Waals surface area contributed by atoms with Gasteiger partial charge in [0.15, 0.2) is 5.84 Å². The summed E-state index contributed by atoms with van der Waals surface area (Å²) >= 11 is 0. The minimum Gasteiger partial charge on any atom is -0.409 e. The summed E-state index contributed by atoms with van der Waals surface area (Å²) in [4.78, 5) is 21.9. The number of nitriles is 1. The summed E-state index contributed by atoms with van der Waals surface area (Å²) in [6.07, 6.45) is 0.743. The van der Waals surface area contributed by atoms with Crippen molar-refractivity contribution in [3.8, 4) is 6.07 Å². The molecule has 2 aromatic carbocycles. The smallest absolute Gasteiger partial charge is 0.228 e. The Balaban J connectivity index is 0.000000184. The van der Waals surface area contributed by atoms with E-state index in [1.807, 2.05) is 6.07 Å². The van der Waals surface area contributed by atoms with E-state index in [0.717, 1.165) is 22.5 Å². The summed E-state index contributed by atoms with van der Waals surface area (Å²) in [5.74, 6) is 0.0175. The first-order valence-corrected chi connectivity index (χ1v) is 8.76. The molecule has 2 aromatic rings. The maximum absolute atomic E-state index is 11.0. The number of rotatable bonds is 1. The third-order valence-electron chi connectivity index (χ3n) is 3.99. The highest BCUT2D eigenvalue weighted by Crippen LogP contribution is 2.24. The van der Waals surface area contributed by atoms with Gasteiger partial charge >= 0.3 is 0 Å². The van der Waals surface area contributed by atoms with Crippen molar-refractivity contribution >= 4 is 29.0 Å². The quantitative estimate of drug-likeness (QED) is 0.212. The molecule has 0 bridgehead atoms. The molecule has 2 heterocycles. The highest BCUT2D eigenvalue weighted by atomic mass is 16.4. The Kier molecular flexibility index (Phi) is 7.28. The molecule has 29 heavy (non-hydrogen) atoms. The van der Waals surface area contributed by atoms with Crippen LogP contribution in [-0.2, 0) is 22.4 Å². The number of amidine groups is 1. The van der Waals surface area contributed by atoms with Crippen LogP contribution in [0.4, 0.5) is 11.4 Å². The molecule has 0 aromatic heterocycles. The molecule has 0 saturated heterocycles. The highest BCUT2D eigenvalue weighted by Gasteiger charge is 2.18. The minimum absolute atomic E-state index is 0.0000831. The highest BCUT2D eigenvalue weighted by molar-refractivity contribution is 6.02. The monoisotopic (exact) mass is 395 g/mol. The maximum atomic E-state index is 11.0. The lowest BCUT2D eigenvalue weighted by atomic mass is 10.1. The van der Waals surface area contributed by atoms with Crippen LogP contribution < -0.4 is 16.4 Å². The van der Waals surface area contributed by atoms with Crippen LogP contribution in [0.2, 0.25) is 0 Å². The summed E-state index contributed by atoms with van der Waals surface area (Å²) in [6, 6.07) is 12.4. The molecule has 0 aliphatic carbocycles. The van der Waals surface area contributed by atoms with E-state index < -0.39 is 0 Å². The Morgan fingerprint density at radius 1 is 1.10 bits per heavy atom. The van der Waals surface area contributed by atoms with Crippen molar-refractivity contribution in [1.82, 2.24) is 0 Å². The van der Waals surface area contributed by atoms with Crippen LogP contribution in [0.25, 0.3) is 0 Å². The van der Waals surface area contributed by atoms with Gasteiger partial charge in [-0.1, -0.05) is 5.16 Å². The number of oxime groups is 1. The van der Waals surface area contributed by atoms with Crippen LogP contribution in [-0.4, -0.2) is 34.6 Å². The molecule has 0 spiro atoms. The van der Waals surface area contributed by atoms with Crippen molar-refractivity contribution in [2.75, 3.05) is 17.2 Å². The van der Waals surface area contributed by atoms with Crippen molar-refractivity contribution in [1.29, 1.82) is 5.26 Å². The summed E-state index contributed by atoms with van der Waals surface area (Å²) in [6.45, 7) is 1.93. The average molecular weight is 395 g/mol. The summed E-state index contributed by atoms with van der Waals surface area (Å²) in [5, 5.41) is 32.9. The first kappa shape index (κ1) is 21.4. The third-order valence-corrected chi connectivity index (χ3v) is 3.99. The van der Waals surface area contributed by atoms with Crippen LogP contribution in [0.3, 0.4) is 0 Å². The van der Waals surface area contributed by atoms with Gasteiger partial charge in [-0.15, -0.1) is 0 Å². The molecule has 2 aliphatic rings. The molecular formula is C20H21N5O4. The van der Waals surface area contributed by atoms with E-state index in [4.69, 9.17) is 21.3 Å². The van der Waals surface area contributed by atoms with Crippen molar-refractivity contribution < 1.29 is 19.9 Å². The molecule has 0 fully saturated rings. The fourth-order valence-electron chi connectivity index (χ4n) is 2.75. The standard InChI is InChI=1S/C9H9N3O2.C9H6N2O.C2H6O/c10-9(12-14)5-1-2-7-6(3-5)4-8(13)11-7;10-5-6-1-2-8-7(3-6)4-9(12)11-8;1-2-3/h1-3,14H,4H2,(H2,10,12)(H,11,13);1-3H,4H2,(H,11,12);3H,2H2,1H3. The predicted molar refractivity (Wildman–Crippen MR) is 108 cm³/mol. The van der Waals surface area contributed by atoms with Gasteiger partial charge in [-0.05, 0) is 54.4 Å². The normalized spacial score (nSPS) is 13.5. The zero-order valence-corrected chi connectivity index (χ0v) is 15.8. The van der Waals surface area contributed by atoms with Gasteiger partial charge in [-0.25, -0.2) is 0 Å². The van der Waals surface area contributed by atoms with Crippen molar-refractivity contribution in [2.24, 2.45) is 10.9 Å². The number of benzene rings is 2. The van der Waals surface area contributed by atoms with Crippen molar-refractivity contribution in [3.63, 3.8) is 0 Å². The van der Waals surface area contributed by atoms with Crippen molar-refractivity contribution in [2.45, 2.75) is 19.8 Å². The Labute approximate surface area is 167 Å². The lowest BCUT2D eigenvalue weighted by Crippen LogP contribution is -2.13. The number of hydrogen-bond acceptors (Lipinski definition) is 6. The topological polar surface area (TPSA) is 161 Å². The summed E-state index contributed by atoms with van der Waals surface area (Å²) in [5.41, 5.74) is 10.1. The SMILES string of the molecule is CCO.N#Cc1ccc2c(c1)CC(=O)N2.NC(=NO)c1ccc2c(c1)CC(=O)N2. The van der Waals surface area contributed by atoms with E-state index in [9.17, 15) is 9.59 Å². The van der Waals surface area contributed by atoms with E-state index in [2.05, 4.69) is 15.8 Å². The van der Waals surface area contributed by atoms with Crippen LogP contribution in [0, 0.1) is 11.3 Å². The van der Waals surface area contributed by atoms with Crippen LogP contribution in [0.15, 0.2) is 41.6 Å². The number of carbonyl (C=O) groups is 2. The number of carbonyl (C=O) groups excluding carboxylic acids is 2. The number of aliphatic hydroxyl groups is 1. The molecule has 6 N–H and O–H groups in total. The zero-order chi connectivity index (χ0) is 21.4. The van der Waals surface area contributed by atoms with Gasteiger partial charge in [0.1, 0.15) is 0 Å². The lowest BCUT2D eigenvalue weighted by Gasteiger charge is -2.01. The van der Waals surface area contributed by atoms with E-state index in [-0.39, 0.29) is 24.3 Å².